The minimum absolute atomic E-state index is 0.176. The molecule has 2 amide bonds. The van der Waals surface area contributed by atoms with Crippen LogP contribution in [0.2, 0.25) is 0 Å². The van der Waals surface area contributed by atoms with Gasteiger partial charge >= 0.3 is 0 Å². The number of carbonyl (C=O) groups is 2. The molecule has 6 nitrogen and oxygen atoms in total. The number of hydrogen-bond donors (Lipinski definition) is 2. The Balaban J connectivity index is 2.25. The predicted molar refractivity (Wildman–Crippen MR) is 101 cm³/mol. The van der Waals surface area contributed by atoms with Crippen molar-refractivity contribution in [1.82, 2.24) is 5.32 Å². The molecule has 0 saturated carbocycles. The molecule has 132 valence electrons. The molecule has 0 aromatic heterocycles. The van der Waals surface area contributed by atoms with Crippen LogP contribution in [0.1, 0.15) is 25.5 Å². The van der Waals surface area contributed by atoms with Crippen LogP contribution < -0.4 is 16.0 Å². The zero-order valence-corrected chi connectivity index (χ0v) is 14.6. The second-order valence-electron chi connectivity index (χ2n) is 5.74. The summed E-state index contributed by atoms with van der Waals surface area (Å²) in [5, 5.41) is 12.1. The summed E-state index contributed by atoms with van der Waals surface area (Å²) in [6, 6.07) is 17.6. The molecule has 0 aliphatic rings. The third-order valence-electron chi connectivity index (χ3n) is 3.76. The normalized spacial score (nSPS) is 12.0. The molecule has 2 aromatic carbocycles. The van der Waals surface area contributed by atoms with E-state index >= 15 is 0 Å². The number of nitrogens with two attached hydrogens (primary N) is 1. The summed E-state index contributed by atoms with van der Waals surface area (Å²) >= 11 is 0. The number of nitrogens with one attached hydrogen (secondary N) is 1. The minimum atomic E-state index is -0.556. The van der Waals surface area contributed by atoms with Gasteiger partial charge in [0.15, 0.2) is 0 Å². The van der Waals surface area contributed by atoms with Gasteiger partial charge in [0.25, 0.3) is 5.91 Å². The lowest BCUT2D eigenvalue weighted by Gasteiger charge is -2.18. The Morgan fingerprint density at radius 1 is 1.19 bits per heavy atom. The largest absolute Gasteiger partial charge is 0.399 e. The summed E-state index contributed by atoms with van der Waals surface area (Å²) in [6.07, 6.45) is 1.23. The topological polar surface area (TPSA) is 99.2 Å². The third-order valence-corrected chi connectivity index (χ3v) is 3.76. The van der Waals surface area contributed by atoms with E-state index in [1.165, 1.54) is 18.0 Å². The molecule has 0 fully saturated rings. The van der Waals surface area contributed by atoms with Gasteiger partial charge in [-0.2, -0.15) is 5.26 Å². The molecule has 0 heterocycles. The van der Waals surface area contributed by atoms with E-state index in [1.807, 2.05) is 43.3 Å². The number of nitriles is 1. The van der Waals surface area contributed by atoms with Crippen molar-refractivity contribution in [2.75, 3.05) is 10.6 Å². The Hall–Kier alpha value is -3.59. The highest BCUT2D eigenvalue weighted by atomic mass is 16.2. The first kappa shape index (κ1) is 18.7. The van der Waals surface area contributed by atoms with Gasteiger partial charge in [0, 0.05) is 18.8 Å². The van der Waals surface area contributed by atoms with E-state index in [1.54, 1.807) is 24.3 Å². The number of nitrogens with zero attached hydrogens (tertiary/aromatic N) is 2. The van der Waals surface area contributed by atoms with Crippen molar-refractivity contribution in [3.05, 3.63) is 71.9 Å². The second-order valence-corrected chi connectivity index (χ2v) is 5.74. The van der Waals surface area contributed by atoms with Crippen LogP contribution in [0, 0.1) is 11.3 Å². The fourth-order valence-electron chi connectivity index (χ4n) is 2.39. The fourth-order valence-corrected chi connectivity index (χ4v) is 2.39. The molecule has 2 aromatic rings. The van der Waals surface area contributed by atoms with Gasteiger partial charge in [0.1, 0.15) is 11.6 Å². The quantitative estimate of drug-likeness (QED) is 0.493. The summed E-state index contributed by atoms with van der Waals surface area (Å²) in [7, 11) is 0. The van der Waals surface area contributed by atoms with Crippen LogP contribution in [0.3, 0.4) is 0 Å². The molecule has 1 unspecified atom stereocenters. The van der Waals surface area contributed by atoms with Crippen LogP contribution in [0.15, 0.2) is 66.4 Å². The monoisotopic (exact) mass is 348 g/mol. The van der Waals surface area contributed by atoms with Crippen LogP contribution >= 0.6 is 0 Å². The van der Waals surface area contributed by atoms with Crippen LogP contribution in [0.4, 0.5) is 11.4 Å². The van der Waals surface area contributed by atoms with Gasteiger partial charge in [-0.05, 0) is 30.7 Å². The molecule has 0 saturated heterocycles. The Bertz CT molecular complexity index is 869. The molecule has 0 bridgehead atoms. The lowest BCUT2D eigenvalue weighted by Crippen LogP contribution is -2.30. The van der Waals surface area contributed by atoms with Crippen LogP contribution in [-0.4, -0.2) is 11.8 Å². The standard InChI is InChI=1S/C20H20N4O2/c1-14(16-7-4-3-5-8-16)23-20(26)17(12-21)13-24(15(2)25)19-10-6-9-18(22)11-19/h3-11,13-14H,22H2,1-2H3,(H,23,26)/b17-13-. The highest BCUT2D eigenvalue weighted by molar-refractivity contribution is 6.01. The van der Waals surface area contributed by atoms with Gasteiger partial charge in [-0.25, -0.2) is 0 Å². The maximum absolute atomic E-state index is 12.4. The van der Waals surface area contributed by atoms with Crippen molar-refractivity contribution in [3.63, 3.8) is 0 Å². The Kier molecular flexibility index (Phi) is 6.12. The number of nitrogen functional groups attached to an aromatic ring is 1. The Morgan fingerprint density at radius 2 is 1.88 bits per heavy atom. The van der Waals surface area contributed by atoms with Gasteiger partial charge in [-0.3, -0.25) is 14.5 Å². The summed E-state index contributed by atoms with van der Waals surface area (Å²) in [6.45, 7) is 3.17. The molecule has 0 spiro atoms. The van der Waals surface area contributed by atoms with Crippen LogP contribution in [0.5, 0.6) is 0 Å². The lowest BCUT2D eigenvalue weighted by atomic mass is 10.1. The smallest absolute Gasteiger partial charge is 0.263 e. The van der Waals surface area contributed by atoms with Gasteiger partial charge in [-0.1, -0.05) is 36.4 Å². The molecular formula is C20H20N4O2. The third kappa shape index (κ3) is 4.71. The average Bonchev–Trinajstić information content (AvgIpc) is 2.62. The van der Waals surface area contributed by atoms with Crippen molar-refractivity contribution < 1.29 is 9.59 Å². The molecule has 6 heteroatoms. The summed E-state index contributed by atoms with van der Waals surface area (Å²) < 4.78 is 0. The summed E-state index contributed by atoms with van der Waals surface area (Å²) in [5.41, 5.74) is 7.44. The van der Waals surface area contributed by atoms with Crippen molar-refractivity contribution >= 4 is 23.2 Å². The number of carbonyl (C=O) groups excluding carboxylic acids is 2. The van der Waals surface area contributed by atoms with Gasteiger partial charge in [0.05, 0.1) is 11.7 Å². The number of hydrogen-bond acceptors (Lipinski definition) is 4. The van der Waals surface area contributed by atoms with E-state index in [4.69, 9.17) is 5.73 Å². The van der Waals surface area contributed by atoms with Gasteiger partial charge in [0.2, 0.25) is 5.91 Å². The molecular weight excluding hydrogens is 328 g/mol. The van der Waals surface area contributed by atoms with Gasteiger partial charge in [-0.15, -0.1) is 0 Å². The van der Waals surface area contributed by atoms with Crippen molar-refractivity contribution in [1.29, 1.82) is 5.26 Å². The Labute approximate surface area is 152 Å². The molecule has 3 N–H and O–H groups in total. The van der Waals surface area contributed by atoms with Crippen LogP contribution in [0.25, 0.3) is 0 Å². The highest BCUT2D eigenvalue weighted by Crippen LogP contribution is 2.19. The van der Waals surface area contributed by atoms with Crippen molar-refractivity contribution in [2.45, 2.75) is 19.9 Å². The van der Waals surface area contributed by atoms with Crippen molar-refractivity contribution in [2.24, 2.45) is 0 Å². The number of anilines is 2. The molecule has 26 heavy (non-hydrogen) atoms. The van der Waals surface area contributed by atoms with E-state index in [-0.39, 0.29) is 17.5 Å². The van der Waals surface area contributed by atoms with E-state index in [0.717, 1.165) is 5.56 Å². The van der Waals surface area contributed by atoms with Crippen LogP contribution in [-0.2, 0) is 9.59 Å². The summed E-state index contributed by atoms with van der Waals surface area (Å²) in [5.74, 6) is -0.897. The first-order chi connectivity index (χ1) is 12.4. The second kappa shape index (κ2) is 8.49. The number of benzene rings is 2. The molecule has 0 aliphatic heterocycles. The molecule has 2 rings (SSSR count). The first-order valence-electron chi connectivity index (χ1n) is 8.05. The van der Waals surface area contributed by atoms with E-state index in [0.29, 0.717) is 11.4 Å². The molecule has 0 aliphatic carbocycles. The zero-order chi connectivity index (χ0) is 19.1. The fraction of sp³-hybridized carbons (Fsp3) is 0.150. The van der Waals surface area contributed by atoms with E-state index < -0.39 is 5.91 Å². The predicted octanol–water partition coefficient (Wildman–Crippen LogP) is 2.91. The molecule has 0 radical (unpaired) electrons. The lowest BCUT2D eigenvalue weighted by molar-refractivity contribution is -0.117. The number of rotatable bonds is 5. The maximum Gasteiger partial charge on any atom is 0.263 e. The minimum Gasteiger partial charge on any atom is -0.399 e. The van der Waals surface area contributed by atoms with Crippen molar-refractivity contribution in [3.8, 4) is 6.07 Å². The van der Waals surface area contributed by atoms with E-state index in [2.05, 4.69) is 5.32 Å². The van der Waals surface area contributed by atoms with Gasteiger partial charge < -0.3 is 11.1 Å². The first-order valence-corrected chi connectivity index (χ1v) is 8.05. The highest BCUT2D eigenvalue weighted by Gasteiger charge is 2.17. The average molecular weight is 348 g/mol. The summed E-state index contributed by atoms with van der Waals surface area (Å²) in [4.78, 5) is 25.6. The van der Waals surface area contributed by atoms with E-state index in [9.17, 15) is 14.9 Å². The SMILES string of the molecule is CC(=O)N(/C=C(/C#N)C(=O)NC(C)c1ccccc1)c1cccc(N)c1. The maximum atomic E-state index is 12.4. The Morgan fingerprint density at radius 3 is 2.46 bits per heavy atom. The zero-order valence-electron chi connectivity index (χ0n) is 14.6. The number of amides is 2. The molecule has 1 atom stereocenters.